The third-order valence-corrected chi connectivity index (χ3v) is 2.93. The summed E-state index contributed by atoms with van der Waals surface area (Å²) in [6.45, 7) is 4.56. The lowest BCUT2D eigenvalue weighted by molar-refractivity contribution is -0.147. The zero-order chi connectivity index (χ0) is 9.35. The second-order valence-electron chi connectivity index (χ2n) is 3.79. The predicted octanol–water partition coefficient (Wildman–Crippen LogP) is 0.583. The monoisotopic (exact) mass is 191 g/mol. The van der Waals surface area contributed by atoms with E-state index in [9.17, 15) is 9.36 Å². The first kappa shape index (κ1) is 9.75. The number of nitrogens with zero attached hydrogens (tertiary/aromatic N) is 1. The number of carbonyl (C=O) groups is 1. The van der Waals surface area contributed by atoms with Gasteiger partial charge >= 0.3 is 5.97 Å². The molecule has 1 rings (SSSR count). The lowest BCUT2D eigenvalue weighted by Gasteiger charge is -2.37. The van der Waals surface area contributed by atoms with Crippen molar-refractivity contribution in [3.63, 3.8) is 0 Å². The standard InChI is InChI=1S/C7H14NO3P/c1-12(2,11)5-8-3-6(4-8)7(9)10/h6H,3-5H2,1-2H3,(H,9,10). The van der Waals surface area contributed by atoms with Crippen molar-refractivity contribution < 1.29 is 14.5 Å². The molecule has 1 saturated heterocycles. The largest absolute Gasteiger partial charge is 0.481 e. The van der Waals surface area contributed by atoms with Gasteiger partial charge in [-0.2, -0.15) is 0 Å². The summed E-state index contributed by atoms with van der Waals surface area (Å²) in [7, 11) is -2.01. The van der Waals surface area contributed by atoms with E-state index in [1.54, 1.807) is 13.3 Å². The summed E-state index contributed by atoms with van der Waals surface area (Å²) in [5.74, 6) is -0.982. The third-order valence-electron chi connectivity index (χ3n) is 1.85. The van der Waals surface area contributed by atoms with Gasteiger partial charge < -0.3 is 9.67 Å². The Labute approximate surface area is 71.9 Å². The second-order valence-corrected chi connectivity index (χ2v) is 7.22. The highest BCUT2D eigenvalue weighted by Gasteiger charge is 2.33. The van der Waals surface area contributed by atoms with Gasteiger partial charge in [-0.1, -0.05) is 0 Å². The Balaban J connectivity index is 2.27. The van der Waals surface area contributed by atoms with E-state index in [1.165, 1.54) is 0 Å². The molecule has 0 aromatic heterocycles. The van der Waals surface area contributed by atoms with Gasteiger partial charge in [0.05, 0.1) is 19.3 Å². The Kier molecular flexibility index (Phi) is 2.59. The Morgan fingerprint density at radius 2 is 2.08 bits per heavy atom. The van der Waals surface area contributed by atoms with Crippen LogP contribution < -0.4 is 0 Å². The fourth-order valence-corrected chi connectivity index (χ4v) is 2.52. The molecule has 12 heavy (non-hydrogen) atoms. The average molecular weight is 191 g/mol. The fraction of sp³-hybridized carbons (Fsp3) is 0.857. The molecular weight excluding hydrogens is 177 g/mol. The molecule has 0 amide bonds. The molecule has 0 aliphatic carbocycles. The van der Waals surface area contributed by atoms with E-state index in [0.29, 0.717) is 19.4 Å². The van der Waals surface area contributed by atoms with Crippen molar-refractivity contribution in [1.29, 1.82) is 0 Å². The molecule has 1 aliphatic heterocycles. The molecule has 1 N–H and O–H groups in total. The molecule has 0 atom stereocenters. The van der Waals surface area contributed by atoms with E-state index in [0.717, 1.165) is 0 Å². The van der Waals surface area contributed by atoms with Gasteiger partial charge in [-0.05, 0) is 13.3 Å². The first-order valence-electron chi connectivity index (χ1n) is 3.87. The number of rotatable bonds is 3. The number of likely N-dealkylation sites (tertiary alicyclic amines) is 1. The quantitative estimate of drug-likeness (QED) is 0.663. The van der Waals surface area contributed by atoms with Crippen LogP contribution in [-0.2, 0) is 9.36 Å². The van der Waals surface area contributed by atoms with Gasteiger partial charge in [0.25, 0.3) is 0 Å². The highest BCUT2D eigenvalue weighted by Crippen LogP contribution is 2.38. The van der Waals surface area contributed by atoms with Crippen LogP contribution in [0.25, 0.3) is 0 Å². The lowest BCUT2D eigenvalue weighted by atomic mass is 10.0. The van der Waals surface area contributed by atoms with E-state index in [-0.39, 0.29) is 5.92 Å². The van der Waals surface area contributed by atoms with Crippen LogP contribution in [0.5, 0.6) is 0 Å². The van der Waals surface area contributed by atoms with Crippen LogP contribution in [0, 0.1) is 5.92 Å². The van der Waals surface area contributed by atoms with Crippen LogP contribution >= 0.6 is 7.14 Å². The molecule has 0 saturated carbocycles. The maximum Gasteiger partial charge on any atom is 0.309 e. The van der Waals surface area contributed by atoms with Crippen molar-refractivity contribution in [3.05, 3.63) is 0 Å². The minimum Gasteiger partial charge on any atom is -0.481 e. The molecule has 1 fully saturated rings. The summed E-state index contributed by atoms with van der Waals surface area (Å²) >= 11 is 0. The van der Waals surface area contributed by atoms with Gasteiger partial charge in [-0.15, -0.1) is 0 Å². The van der Waals surface area contributed by atoms with Crippen molar-refractivity contribution in [1.82, 2.24) is 4.90 Å². The molecule has 1 aliphatic rings. The highest BCUT2D eigenvalue weighted by molar-refractivity contribution is 7.62. The van der Waals surface area contributed by atoms with Crippen LogP contribution in [-0.4, -0.2) is 48.7 Å². The summed E-state index contributed by atoms with van der Waals surface area (Å²) in [5, 5.41) is 8.55. The molecule has 5 heteroatoms. The Morgan fingerprint density at radius 1 is 1.58 bits per heavy atom. The van der Waals surface area contributed by atoms with Crippen molar-refractivity contribution in [3.8, 4) is 0 Å². The number of carboxylic acids is 1. The van der Waals surface area contributed by atoms with Crippen LogP contribution in [0.1, 0.15) is 0 Å². The normalized spacial score (nSPS) is 20.5. The molecule has 0 unspecified atom stereocenters. The maximum absolute atomic E-state index is 11.3. The van der Waals surface area contributed by atoms with Crippen LogP contribution in [0.15, 0.2) is 0 Å². The van der Waals surface area contributed by atoms with E-state index in [2.05, 4.69) is 0 Å². The number of hydrogen-bond acceptors (Lipinski definition) is 3. The fourth-order valence-electron chi connectivity index (χ4n) is 1.32. The van der Waals surface area contributed by atoms with Gasteiger partial charge in [0.2, 0.25) is 0 Å². The molecule has 0 aromatic carbocycles. The third kappa shape index (κ3) is 2.61. The number of carboxylic acid groups (broad SMARTS) is 1. The van der Waals surface area contributed by atoms with E-state index < -0.39 is 13.1 Å². The Bertz CT molecular complexity index is 229. The maximum atomic E-state index is 11.3. The molecule has 0 spiro atoms. The van der Waals surface area contributed by atoms with Crippen molar-refractivity contribution in [2.45, 2.75) is 0 Å². The molecule has 0 radical (unpaired) electrons. The minimum atomic E-state index is -2.01. The zero-order valence-corrected chi connectivity index (χ0v) is 8.25. The predicted molar refractivity (Wildman–Crippen MR) is 47.0 cm³/mol. The summed E-state index contributed by atoms with van der Waals surface area (Å²) in [5.41, 5.74) is 0. The van der Waals surface area contributed by atoms with Gasteiger partial charge in [0, 0.05) is 13.1 Å². The molecule has 0 aromatic rings. The summed E-state index contributed by atoms with van der Waals surface area (Å²) in [4.78, 5) is 12.3. The first-order valence-corrected chi connectivity index (χ1v) is 6.66. The summed E-state index contributed by atoms with van der Waals surface area (Å²) in [6, 6.07) is 0. The molecule has 1 heterocycles. The average Bonchev–Trinajstić information content (AvgIpc) is 1.74. The van der Waals surface area contributed by atoms with Gasteiger partial charge in [0.1, 0.15) is 0 Å². The van der Waals surface area contributed by atoms with E-state index in [1.807, 2.05) is 4.90 Å². The smallest absolute Gasteiger partial charge is 0.309 e. The molecule has 4 nitrogen and oxygen atoms in total. The van der Waals surface area contributed by atoms with Crippen LogP contribution in [0.3, 0.4) is 0 Å². The second kappa shape index (κ2) is 3.19. The van der Waals surface area contributed by atoms with Crippen molar-refractivity contribution in [2.75, 3.05) is 32.7 Å². The van der Waals surface area contributed by atoms with Gasteiger partial charge in [0.15, 0.2) is 0 Å². The Morgan fingerprint density at radius 3 is 2.42 bits per heavy atom. The zero-order valence-electron chi connectivity index (χ0n) is 7.36. The van der Waals surface area contributed by atoms with E-state index >= 15 is 0 Å². The Hall–Kier alpha value is -0.340. The minimum absolute atomic E-state index is 0.239. The van der Waals surface area contributed by atoms with Gasteiger partial charge in [-0.25, -0.2) is 0 Å². The molecular formula is C7H14NO3P. The molecule has 0 bridgehead atoms. The van der Waals surface area contributed by atoms with Gasteiger partial charge in [-0.3, -0.25) is 9.69 Å². The van der Waals surface area contributed by atoms with Crippen LogP contribution in [0.2, 0.25) is 0 Å². The summed E-state index contributed by atoms with van der Waals surface area (Å²) in [6.07, 6.45) is 0.552. The topological polar surface area (TPSA) is 57.6 Å². The number of aliphatic carboxylic acids is 1. The lowest BCUT2D eigenvalue weighted by Crippen LogP contribution is -2.50. The SMILES string of the molecule is CP(C)(=O)CN1CC(C(=O)O)C1. The van der Waals surface area contributed by atoms with Crippen LogP contribution in [0.4, 0.5) is 0 Å². The summed E-state index contributed by atoms with van der Waals surface area (Å²) < 4.78 is 11.3. The highest BCUT2D eigenvalue weighted by atomic mass is 31.2. The first-order chi connectivity index (χ1) is 5.38. The van der Waals surface area contributed by atoms with Crippen molar-refractivity contribution in [2.24, 2.45) is 5.92 Å². The molecule has 70 valence electrons. The van der Waals surface area contributed by atoms with E-state index in [4.69, 9.17) is 5.11 Å². The number of hydrogen-bond donors (Lipinski definition) is 1. The van der Waals surface area contributed by atoms with Crippen molar-refractivity contribution >= 4 is 13.1 Å².